The standard InChI is InChI=1S/C62H55N4O16PSi/c1-12-13-14-15-16-17-18-19-20-21-22-23-24-25-26-27-28-29-30-31-36-76-48-38-47(37-43(2)46(48)5)58(72)66-52(69)34-35-64(61(66)74)59-56(82-84(10,11)62(6,7)8)55(80-54(70)33-32-45(4)68)51(79-59)42-77-83(9,75)81-49-39-53(78-50(49)41-67)65-40-44(3)57(71)63-60(65)73/h1,34-35,37-38,40,49-51,53,55-56,59,67H,32-33,39,41-42H2,2-11H3,(H,63,71,73)/t49-,50-,51-,53-,55+,56?,59-,83?/m1/s1. The maximum Gasteiger partial charge on any atom is 0.340 e. The van der Waals surface area contributed by atoms with Crippen LogP contribution in [-0.2, 0) is 41.8 Å². The van der Waals surface area contributed by atoms with Crippen LogP contribution < -0.4 is 27.2 Å². The number of nitrogens with one attached hydrogen (secondary N) is 1. The van der Waals surface area contributed by atoms with E-state index in [1.165, 1.54) is 32.2 Å². The van der Waals surface area contributed by atoms with E-state index in [2.05, 4.69) is 129 Å². The van der Waals surface area contributed by atoms with E-state index in [0.29, 0.717) is 15.7 Å². The third-order valence-electron chi connectivity index (χ3n) is 12.9. The van der Waals surface area contributed by atoms with Crippen LogP contribution in [0.2, 0.25) is 18.1 Å². The number of aryl methyl sites for hydroxylation is 2. The minimum Gasteiger partial charge on any atom is -0.457 e. The second kappa shape index (κ2) is 30.0. The molecule has 2 aliphatic heterocycles. The molecule has 0 saturated carbocycles. The number of aliphatic hydroxyl groups is 1. The van der Waals surface area contributed by atoms with Crippen molar-refractivity contribution in [2.75, 3.05) is 19.9 Å². The van der Waals surface area contributed by atoms with Gasteiger partial charge in [0.05, 0.1) is 25.7 Å². The first-order valence-corrected chi connectivity index (χ1v) is 30.3. The summed E-state index contributed by atoms with van der Waals surface area (Å²) in [5, 5.41) is 9.71. The van der Waals surface area contributed by atoms with Gasteiger partial charge < -0.3 is 42.3 Å². The number of benzene rings is 1. The molecule has 0 bridgehead atoms. The van der Waals surface area contributed by atoms with E-state index in [-0.39, 0.29) is 41.9 Å². The molecule has 2 unspecified atom stereocenters. The van der Waals surface area contributed by atoms with Crippen molar-refractivity contribution < 1.29 is 56.5 Å². The Balaban J connectivity index is 1.41. The fraction of sp³-hybridized carbons (Fsp3) is 0.371. The lowest BCUT2D eigenvalue weighted by molar-refractivity contribution is -0.156. The van der Waals surface area contributed by atoms with Crippen molar-refractivity contribution in [1.29, 1.82) is 0 Å². The third kappa shape index (κ3) is 18.3. The number of rotatable bonds is 16. The van der Waals surface area contributed by atoms with Gasteiger partial charge in [-0.05, 0) is 116 Å². The number of aromatic nitrogens is 4. The molecular formula is C62H55N4O16PSi. The van der Waals surface area contributed by atoms with E-state index in [1.54, 1.807) is 13.8 Å². The Morgan fingerprint density at radius 2 is 1.37 bits per heavy atom. The number of esters is 1. The van der Waals surface area contributed by atoms with Gasteiger partial charge in [0.2, 0.25) is 0 Å². The largest absolute Gasteiger partial charge is 0.457 e. The number of ketones is 1. The van der Waals surface area contributed by atoms with Gasteiger partial charge in [-0.25, -0.2) is 9.59 Å². The molecule has 0 aliphatic carbocycles. The summed E-state index contributed by atoms with van der Waals surface area (Å²) in [5.74, 6) is 46.8. The van der Waals surface area contributed by atoms with E-state index in [0.717, 1.165) is 28.1 Å². The zero-order chi connectivity index (χ0) is 61.8. The predicted octanol–water partition coefficient (Wildman–Crippen LogP) is 3.25. The molecule has 84 heavy (non-hydrogen) atoms. The molecule has 3 aromatic rings. The van der Waals surface area contributed by atoms with Gasteiger partial charge in [-0.3, -0.25) is 37.9 Å². The highest BCUT2D eigenvalue weighted by Gasteiger charge is 2.54. The summed E-state index contributed by atoms with van der Waals surface area (Å²) in [4.78, 5) is 95.3. The van der Waals surface area contributed by atoms with Crippen molar-refractivity contribution in [2.24, 2.45) is 0 Å². The monoisotopic (exact) mass is 1170 g/mol. The average Bonchev–Trinajstić information content (AvgIpc) is 2.65. The van der Waals surface area contributed by atoms with E-state index < -0.39 is 112 Å². The molecule has 0 spiro atoms. The highest BCUT2D eigenvalue weighted by Crippen LogP contribution is 2.50. The van der Waals surface area contributed by atoms with Crippen molar-refractivity contribution in [3.63, 3.8) is 0 Å². The Morgan fingerprint density at radius 3 is 1.92 bits per heavy atom. The lowest BCUT2D eigenvalue weighted by Gasteiger charge is -2.40. The van der Waals surface area contributed by atoms with E-state index in [9.17, 15) is 43.2 Å². The number of aromatic amines is 1. The summed E-state index contributed by atoms with van der Waals surface area (Å²) in [7, 11) is -7.17. The van der Waals surface area contributed by atoms with Crippen molar-refractivity contribution in [1.82, 2.24) is 18.7 Å². The Labute approximate surface area is 486 Å². The molecular weight excluding hydrogens is 1120 g/mol. The molecule has 2 aromatic heterocycles. The number of terminal acetylenes is 1. The Bertz CT molecular complexity index is 4150. The summed E-state index contributed by atoms with van der Waals surface area (Å²) >= 11 is 0. The fourth-order valence-corrected chi connectivity index (χ4v) is 9.98. The fourth-order valence-electron chi connectivity index (χ4n) is 7.50. The van der Waals surface area contributed by atoms with Gasteiger partial charge in [-0.2, -0.15) is 4.57 Å². The van der Waals surface area contributed by atoms with Crippen molar-refractivity contribution in [3.05, 3.63) is 94.5 Å². The molecule has 5 rings (SSSR count). The average molecular weight is 1170 g/mol. The van der Waals surface area contributed by atoms with Crippen LogP contribution in [0.1, 0.15) is 86.5 Å². The Kier molecular flexibility index (Phi) is 23.4. The summed E-state index contributed by atoms with van der Waals surface area (Å²) in [6.45, 7) is 15.6. The summed E-state index contributed by atoms with van der Waals surface area (Å²) in [6, 6.07) is 3.71. The number of hydrogen-bond acceptors (Lipinski definition) is 16. The maximum atomic E-state index is 14.7. The zero-order valence-corrected chi connectivity index (χ0v) is 49.3. The van der Waals surface area contributed by atoms with Crippen LogP contribution in [-0.4, -0.2) is 100 Å². The molecule has 2 aliphatic rings. The first-order valence-electron chi connectivity index (χ1n) is 25.4. The molecule has 4 heterocycles. The van der Waals surface area contributed by atoms with Crippen LogP contribution in [0.25, 0.3) is 0 Å². The van der Waals surface area contributed by atoms with Gasteiger partial charge in [0.15, 0.2) is 20.6 Å². The molecule has 428 valence electrons. The summed E-state index contributed by atoms with van der Waals surface area (Å²) < 4.78 is 59.4. The van der Waals surface area contributed by atoms with Crippen molar-refractivity contribution in [2.45, 2.75) is 129 Å². The smallest absolute Gasteiger partial charge is 0.340 e. The second-order valence-electron chi connectivity index (χ2n) is 19.9. The predicted molar refractivity (Wildman–Crippen MR) is 310 cm³/mol. The number of nitrogens with zero attached hydrogens (tertiary/aromatic N) is 3. The van der Waals surface area contributed by atoms with Crippen molar-refractivity contribution >= 4 is 33.6 Å². The van der Waals surface area contributed by atoms with Gasteiger partial charge in [0, 0.05) is 120 Å². The molecule has 2 fully saturated rings. The molecule has 8 atom stereocenters. The van der Waals surface area contributed by atoms with Gasteiger partial charge in [0.1, 0.15) is 42.2 Å². The number of carbonyl (C=O) groups is 3. The van der Waals surface area contributed by atoms with E-state index in [1.807, 2.05) is 33.9 Å². The first-order chi connectivity index (χ1) is 39.8. The molecule has 22 heteroatoms. The number of Topliss-reactive ketones (excluding diaryl/α,β-unsaturated/α-hetero) is 1. The Hall–Kier alpha value is -9.44. The number of H-pyrrole nitrogens is 1. The normalized spacial score (nSPS) is 18.7. The Morgan fingerprint density at radius 1 is 0.798 bits per heavy atom. The minimum absolute atomic E-state index is 0.106. The van der Waals surface area contributed by atoms with Crippen LogP contribution in [0.3, 0.4) is 0 Å². The second-order valence-corrected chi connectivity index (χ2v) is 26.7. The summed E-state index contributed by atoms with van der Waals surface area (Å²) in [6.07, 6.45) is 0.139. The summed E-state index contributed by atoms with van der Waals surface area (Å²) in [5.41, 5.74) is -2.42. The lowest BCUT2D eigenvalue weighted by Crippen LogP contribution is -2.51. The molecule has 0 radical (unpaired) electrons. The minimum atomic E-state index is -4.21. The van der Waals surface area contributed by atoms with Gasteiger partial charge in [-0.1, -0.05) is 20.8 Å². The SMILES string of the molecule is C#CC#CC#CC#CC#CC#CC#CC#CC#CC#CC#COc1cc(C(=O)n2c(=O)ccn([C@@H]3O[C@H](COP(C)(=O)O[C@@H]4C[C@H](n5cc(C)c(=O)[nH]c5=O)O[C@@H]4CO)[C@H](OC(=O)CCC(C)=O)C3O[Si](C)(C)C(C)(C)C)c2=O)cc(C)c1C. The van der Waals surface area contributed by atoms with Gasteiger partial charge in [0.25, 0.3) is 17.0 Å². The molecule has 2 saturated heterocycles. The van der Waals surface area contributed by atoms with Crippen LogP contribution in [0.4, 0.5) is 0 Å². The highest BCUT2D eigenvalue weighted by molar-refractivity contribution is 7.53. The lowest BCUT2D eigenvalue weighted by atomic mass is 10.0. The van der Waals surface area contributed by atoms with Crippen LogP contribution in [0.5, 0.6) is 5.75 Å². The van der Waals surface area contributed by atoms with Gasteiger partial charge in [-0.15, -0.1) is 6.42 Å². The molecule has 20 nitrogen and oxygen atoms in total. The topological polar surface area (TPSA) is 252 Å². The number of carbonyl (C=O) groups excluding carboxylic acids is 3. The third-order valence-corrected chi connectivity index (χ3v) is 18.6. The van der Waals surface area contributed by atoms with Gasteiger partial charge >= 0.3 is 24.9 Å². The van der Waals surface area contributed by atoms with E-state index >= 15 is 0 Å². The van der Waals surface area contributed by atoms with Crippen LogP contribution in [0, 0.1) is 152 Å². The van der Waals surface area contributed by atoms with E-state index in [4.69, 9.17) is 38.8 Å². The first kappa shape index (κ1) is 65.4. The number of hydrogen-bond donors (Lipinski definition) is 2. The molecule has 2 N–H and O–H groups in total. The number of ether oxygens (including phenoxy) is 4. The maximum absolute atomic E-state index is 14.7. The van der Waals surface area contributed by atoms with Crippen molar-refractivity contribution in [3.8, 4) is 137 Å². The molecule has 1 aromatic carbocycles. The zero-order valence-electron chi connectivity index (χ0n) is 47.4. The van der Waals surface area contributed by atoms with Crippen LogP contribution >= 0.6 is 7.60 Å². The quantitative estimate of drug-likeness (QED) is 0.0904. The number of aliphatic hydroxyl groups excluding tert-OH is 1. The molecule has 0 amide bonds. The van der Waals surface area contributed by atoms with Crippen LogP contribution in [0.15, 0.2) is 49.8 Å². The highest BCUT2D eigenvalue weighted by atomic mass is 31.2.